The summed E-state index contributed by atoms with van der Waals surface area (Å²) < 4.78 is 0. The van der Waals surface area contributed by atoms with E-state index in [1.165, 1.54) is 6.33 Å². The molecule has 0 spiro atoms. The van der Waals surface area contributed by atoms with Crippen molar-refractivity contribution < 1.29 is 0 Å². The molecule has 0 aliphatic carbocycles. The van der Waals surface area contributed by atoms with Crippen molar-refractivity contribution in [3.63, 3.8) is 0 Å². The monoisotopic (exact) mass is 257 g/mol. The average molecular weight is 258 g/mol. The van der Waals surface area contributed by atoms with Crippen LogP contribution in [-0.2, 0) is 0 Å². The summed E-state index contributed by atoms with van der Waals surface area (Å²) in [5.74, 6) is 0.609. The van der Waals surface area contributed by atoms with Gasteiger partial charge in [0.25, 0.3) is 5.56 Å². The highest BCUT2D eigenvalue weighted by Crippen LogP contribution is 2.19. The van der Waals surface area contributed by atoms with Crippen LogP contribution in [0.4, 0.5) is 5.82 Å². The molecule has 1 aromatic heterocycles. The van der Waals surface area contributed by atoms with E-state index in [1.807, 2.05) is 0 Å². The van der Waals surface area contributed by atoms with Gasteiger partial charge in [0.05, 0.1) is 6.33 Å². The molecule has 96 valence electrons. The number of aromatic amines is 1. The normalized spacial score (nSPS) is 10.5. The Morgan fingerprint density at radius 2 is 1.88 bits per heavy atom. The molecular formula is C12H20ClN3O. The lowest BCUT2D eigenvalue weighted by Crippen LogP contribution is -2.28. The summed E-state index contributed by atoms with van der Waals surface area (Å²) in [6, 6.07) is 0. The Morgan fingerprint density at radius 3 is 2.41 bits per heavy atom. The lowest BCUT2D eigenvalue weighted by molar-refractivity contribution is 0.670. The first-order valence-corrected chi connectivity index (χ1v) is 6.56. The maximum absolute atomic E-state index is 11.4. The third-order valence-corrected chi connectivity index (χ3v) is 2.98. The van der Waals surface area contributed by atoms with Crippen molar-refractivity contribution in [3.05, 3.63) is 21.7 Å². The van der Waals surface area contributed by atoms with Crippen molar-refractivity contribution in [2.45, 2.75) is 39.5 Å². The number of unbranched alkanes of at least 4 members (excludes halogenated alkanes) is 2. The van der Waals surface area contributed by atoms with E-state index in [0.717, 1.165) is 38.8 Å². The molecule has 0 aromatic carbocycles. The second-order valence-corrected chi connectivity index (χ2v) is 4.44. The summed E-state index contributed by atoms with van der Waals surface area (Å²) in [4.78, 5) is 20.2. The van der Waals surface area contributed by atoms with Crippen molar-refractivity contribution in [2.75, 3.05) is 18.0 Å². The van der Waals surface area contributed by atoms with Gasteiger partial charge in [-0.05, 0) is 12.8 Å². The number of H-pyrrole nitrogens is 1. The number of hydrogen-bond donors (Lipinski definition) is 1. The number of nitrogens with zero attached hydrogens (tertiary/aromatic N) is 2. The summed E-state index contributed by atoms with van der Waals surface area (Å²) in [6.45, 7) is 6.08. The number of anilines is 1. The first-order chi connectivity index (χ1) is 8.20. The molecule has 1 N–H and O–H groups in total. The molecular weight excluding hydrogens is 238 g/mol. The number of aromatic nitrogens is 2. The Hall–Kier alpha value is -1.03. The van der Waals surface area contributed by atoms with Gasteiger partial charge in [-0.25, -0.2) is 4.98 Å². The van der Waals surface area contributed by atoms with Crippen LogP contribution in [-0.4, -0.2) is 23.1 Å². The maximum atomic E-state index is 11.4. The fourth-order valence-corrected chi connectivity index (χ4v) is 1.84. The van der Waals surface area contributed by atoms with E-state index in [4.69, 9.17) is 11.6 Å². The van der Waals surface area contributed by atoms with Crippen molar-refractivity contribution in [2.24, 2.45) is 0 Å². The van der Waals surface area contributed by atoms with Gasteiger partial charge in [0, 0.05) is 13.1 Å². The molecule has 0 unspecified atom stereocenters. The minimum atomic E-state index is -0.269. The van der Waals surface area contributed by atoms with Gasteiger partial charge in [0.2, 0.25) is 0 Å². The molecule has 4 nitrogen and oxygen atoms in total. The molecule has 0 bridgehead atoms. The van der Waals surface area contributed by atoms with Crippen molar-refractivity contribution in [3.8, 4) is 0 Å². The van der Waals surface area contributed by atoms with Crippen LogP contribution in [0, 0.1) is 0 Å². The van der Waals surface area contributed by atoms with Crippen LogP contribution in [0.3, 0.4) is 0 Å². The quantitative estimate of drug-likeness (QED) is 0.817. The lowest BCUT2D eigenvalue weighted by atomic mass is 10.2. The predicted molar refractivity (Wildman–Crippen MR) is 71.9 cm³/mol. The fraction of sp³-hybridized carbons (Fsp3) is 0.667. The molecule has 0 aliphatic rings. The van der Waals surface area contributed by atoms with Gasteiger partial charge >= 0.3 is 0 Å². The van der Waals surface area contributed by atoms with Gasteiger partial charge in [-0.1, -0.05) is 38.3 Å². The Morgan fingerprint density at radius 1 is 1.29 bits per heavy atom. The molecule has 1 aromatic rings. The Labute approximate surface area is 107 Å². The van der Waals surface area contributed by atoms with Crippen LogP contribution in [0.25, 0.3) is 0 Å². The zero-order valence-corrected chi connectivity index (χ0v) is 11.3. The molecule has 1 heterocycles. The van der Waals surface area contributed by atoms with Gasteiger partial charge in [0.15, 0.2) is 5.82 Å². The van der Waals surface area contributed by atoms with Gasteiger partial charge in [-0.15, -0.1) is 0 Å². The van der Waals surface area contributed by atoms with Gasteiger partial charge in [0.1, 0.15) is 5.02 Å². The standard InChI is InChI=1S/C12H20ClN3O/c1-3-5-7-16(8-6-4-2)11-10(13)12(17)15-9-14-11/h9H,3-8H2,1-2H3,(H,14,15,17). The largest absolute Gasteiger partial charge is 0.355 e. The highest BCUT2D eigenvalue weighted by atomic mass is 35.5. The molecule has 1 rings (SSSR count). The third kappa shape index (κ3) is 4.04. The summed E-state index contributed by atoms with van der Waals surface area (Å²) in [6.07, 6.45) is 5.80. The number of hydrogen-bond acceptors (Lipinski definition) is 3. The molecule has 0 fully saturated rings. The molecule has 0 atom stereocenters. The first-order valence-electron chi connectivity index (χ1n) is 6.18. The Balaban J connectivity index is 2.86. The van der Waals surface area contributed by atoms with Crippen LogP contribution in [0.15, 0.2) is 11.1 Å². The van der Waals surface area contributed by atoms with E-state index >= 15 is 0 Å². The van der Waals surface area contributed by atoms with E-state index in [2.05, 4.69) is 28.7 Å². The zero-order valence-electron chi connectivity index (χ0n) is 10.5. The minimum absolute atomic E-state index is 0.194. The van der Waals surface area contributed by atoms with Crippen LogP contribution in [0.2, 0.25) is 5.02 Å². The van der Waals surface area contributed by atoms with Crippen molar-refractivity contribution >= 4 is 17.4 Å². The molecule has 0 aliphatic heterocycles. The average Bonchev–Trinajstić information content (AvgIpc) is 2.34. The molecule has 0 saturated heterocycles. The highest BCUT2D eigenvalue weighted by molar-refractivity contribution is 6.32. The summed E-state index contributed by atoms with van der Waals surface area (Å²) in [5.41, 5.74) is -0.269. The van der Waals surface area contributed by atoms with Crippen LogP contribution in [0.1, 0.15) is 39.5 Å². The lowest BCUT2D eigenvalue weighted by Gasteiger charge is -2.23. The molecule has 0 saturated carbocycles. The van der Waals surface area contributed by atoms with Crippen molar-refractivity contribution in [1.82, 2.24) is 9.97 Å². The Kier molecular flexibility index (Phi) is 6.05. The number of rotatable bonds is 7. The molecule has 0 radical (unpaired) electrons. The molecule has 5 heteroatoms. The number of nitrogens with one attached hydrogen (secondary N) is 1. The second-order valence-electron chi connectivity index (χ2n) is 4.06. The van der Waals surface area contributed by atoms with E-state index in [9.17, 15) is 4.79 Å². The van der Waals surface area contributed by atoms with E-state index < -0.39 is 0 Å². The van der Waals surface area contributed by atoms with Gasteiger partial charge in [-0.2, -0.15) is 0 Å². The zero-order chi connectivity index (χ0) is 12.7. The maximum Gasteiger partial charge on any atom is 0.271 e. The van der Waals surface area contributed by atoms with Gasteiger partial charge < -0.3 is 9.88 Å². The van der Waals surface area contributed by atoms with Crippen molar-refractivity contribution in [1.29, 1.82) is 0 Å². The number of halogens is 1. The summed E-state index contributed by atoms with van der Waals surface area (Å²) in [5, 5.41) is 0.194. The van der Waals surface area contributed by atoms with E-state index in [1.54, 1.807) is 0 Å². The minimum Gasteiger partial charge on any atom is -0.355 e. The summed E-state index contributed by atoms with van der Waals surface area (Å²) in [7, 11) is 0. The second kappa shape index (κ2) is 7.33. The van der Waals surface area contributed by atoms with Crippen LogP contribution in [0.5, 0.6) is 0 Å². The fourth-order valence-electron chi connectivity index (χ4n) is 1.62. The first kappa shape index (κ1) is 14.0. The van der Waals surface area contributed by atoms with Gasteiger partial charge in [-0.3, -0.25) is 4.79 Å². The van der Waals surface area contributed by atoms with E-state index in [0.29, 0.717) is 5.82 Å². The SMILES string of the molecule is CCCCN(CCCC)c1nc[nH]c(=O)c1Cl. The molecule has 17 heavy (non-hydrogen) atoms. The Bertz CT molecular complexity index is 384. The summed E-state index contributed by atoms with van der Waals surface area (Å²) >= 11 is 6.00. The highest BCUT2D eigenvalue weighted by Gasteiger charge is 2.13. The topological polar surface area (TPSA) is 49.0 Å². The predicted octanol–water partition coefficient (Wildman–Crippen LogP) is 2.83. The molecule has 0 amide bonds. The van der Waals surface area contributed by atoms with Crippen LogP contribution >= 0.6 is 11.6 Å². The van der Waals surface area contributed by atoms with Crippen LogP contribution < -0.4 is 10.5 Å². The third-order valence-electron chi connectivity index (χ3n) is 2.64. The van der Waals surface area contributed by atoms with E-state index in [-0.39, 0.29) is 10.6 Å². The smallest absolute Gasteiger partial charge is 0.271 e.